The Bertz CT molecular complexity index is 1310. The number of pyridine rings is 1. The number of rotatable bonds is 7. The summed E-state index contributed by atoms with van der Waals surface area (Å²) in [5, 5.41) is 10.8. The van der Waals surface area contributed by atoms with E-state index in [0.29, 0.717) is 29.3 Å². The van der Waals surface area contributed by atoms with Crippen molar-refractivity contribution in [1.29, 1.82) is 0 Å². The molecule has 0 amide bonds. The number of allylic oxidation sites excluding steroid dienone is 1. The summed E-state index contributed by atoms with van der Waals surface area (Å²) in [6, 6.07) is 13.0. The Kier molecular flexibility index (Phi) is 7.77. The van der Waals surface area contributed by atoms with Crippen LogP contribution in [-0.4, -0.2) is 47.4 Å². The monoisotopic (exact) mass is 524 g/mol. The van der Waals surface area contributed by atoms with E-state index < -0.39 is 5.82 Å². The third kappa shape index (κ3) is 5.51. The molecule has 0 saturated carbocycles. The molecule has 4 nitrogen and oxygen atoms in total. The number of likely N-dealkylation sites (tertiary alicyclic amines) is 1. The zero-order valence-corrected chi connectivity index (χ0v) is 21.7. The first-order chi connectivity index (χ1) is 17.9. The maximum atomic E-state index is 15.0. The average Bonchev–Trinajstić information content (AvgIpc) is 3.25. The minimum absolute atomic E-state index is 0.0282. The predicted molar refractivity (Wildman–Crippen MR) is 143 cm³/mol. The first-order valence-corrected chi connectivity index (χ1v) is 13.2. The number of phenolic OH excluding ortho intramolecular Hbond substituents is 1. The number of aromatic nitrogens is 1. The number of nitrogens with zero attached hydrogens (tertiary/aromatic N) is 2. The Morgan fingerprint density at radius 3 is 2.73 bits per heavy atom. The van der Waals surface area contributed by atoms with Crippen molar-refractivity contribution in [2.24, 2.45) is 0 Å². The zero-order valence-electron chi connectivity index (χ0n) is 20.9. The fourth-order valence-electron chi connectivity index (χ4n) is 5.42. The molecule has 194 valence electrons. The van der Waals surface area contributed by atoms with Gasteiger partial charge >= 0.3 is 0 Å². The molecule has 7 heteroatoms. The van der Waals surface area contributed by atoms with Crippen LogP contribution in [0.2, 0.25) is 5.02 Å². The van der Waals surface area contributed by atoms with Crippen molar-refractivity contribution >= 4 is 22.7 Å². The molecule has 1 fully saturated rings. The van der Waals surface area contributed by atoms with Crippen molar-refractivity contribution in [1.82, 2.24) is 9.88 Å². The van der Waals surface area contributed by atoms with Gasteiger partial charge in [-0.2, -0.15) is 0 Å². The van der Waals surface area contributed by atoms with Crippen molar-refractivity contribution in [3.63, 3.8) is 0 Å². The smallest absolute Gasteiger partial charge is 0.213 e. The number of aromatic hydroxyl groups is 1. The Balaban J connectivity index is 1.51. The van der Waals surface area contributed by atoms with Gasteiger partial charge in [-0.25, -0.2) is 9.37 Å². The fraction of sp³-hybridized carbons (Fsp3) is 0.367. The van der Waals surface area contributed by atoms with Gasteiger partial charge in [-0.1, -0.05) is 29.8 Å². The van der Waals surface area contributed by atoms with Crippen LogP contribution in [-0.2, 0) is 6.42 Å². The molecule has 0 spiro atoms. The molecule has 1 aliphatic heterocycles. The number of halogens is 3. The number of fused-ring (bicyclic) bond motifs is 1. The van der Waals surface area contributed by atoms with Gasteiger partial charge in [0.05, 0.1) is 6.67 Å². The van der Waals surface area contributed by atoms with Gasteiger partial charge in [0.1, 0.15) is 6.10 Å². The van der Waals surface area contributed by atoms with Crippen LogP contribution in [0.25, 0.3) is 11.1 Å². The van der Waals surface area contributed by atoms with Gasteiger partial charge in [0.15, 0.2) is 11.6 Å². The number of hydrogen-bond donors (Lipinski definition) is 1. The van der Waals surface area contributed by atoms with Crippen LogP contribution in [0.5, 0.6) is 11.6 Å². The Morgan fingerprint density at radius 2 is 1.97 bits per heavy atom. The molecule has 2 aliphatic rings. The number of benzene rings is 2. The number of aryl methyl sites for hydroxylation is 1. The highest BCUT2D eigenvalue weighted by atomic mass is 35.5. The van der Waals surface area contributed by atoms with Crippen molar-refractivity contribution in [3.05, 3.63) is 87.3 Å². The molecule has 1 saturated heterocycles. The van der Waals surface area contributed by atoms with E-state index in [1.54, 1.807) is 12.3 Å². The van der Waals surface area contributed by atoms with Crippen molar-refractivity contribution in [3.8, 4) is 11.6 Å². The SMILES string of the molecule is Cc1cc(C2=C(c3ccc(O[C@H]4CCN(CCCF)C4)nc3)c3ccc(O)c(F)c3CCC2)ccc1Cl. The summed E-state index contributed by atoms with van der Waals surface area (Å²) in [5.41, 5.74) is 6.17. The van der Waals surface area contributed by atoms with Crippen molar-refractivity contribution in [2.45, 2.75) is 45.1 Å². The Hall–Kier alpha value is -2.96. The van der Waals surface area contributed by atoms with Gasteiger partial charge in [-0.3, -0.25) is 9.29 Å². The van der Waals surface area contributed by atoms with Crippen LogP contribution in [0.15, 0.2) is 48.7 Å². The maximum absolute atomic E-state index is 15.0. The van der Waals surface area contributed by atoms with Crippen LogP contribution in [0, 0.1) is 12.7 Å². The second kappa shape index (κ2) is 11.2. The van der Waals surface area contributed by atoms with Gasteiger partial charge in [0, 0.05) is 42.5 Å². The van der Waals surface area contributed by atoms with Gasteiger partial charge in [0.2, 0.25) is 5.88 Å². The lowest BCUT2D eigenvalue weighted by atomic mass is 9.88. The van der Waals surface area contributed by atoms with Crippen LogP contribution >= 0.6 is 11.6 Å². The summed E-state index contributed by atoms with van der Waals surface area (Å²) in [7, 11) is 0. The van der Waals surface area contributed by atoms with E-state index in [4.69, 9.17) is 16.3 Å². The summed E-state index contributed by atoms with van der Waals surface area (Å²) in [6.45, 7) is 4.09. The molecule has 2 aromatic carbocycles. The lowest BCUT2D eigenvalue weighted by Crippen LogP contribution is -2.26. The lowest BCUT2D eigenvalue weighted by Gasteiger charge is -2.18. The molecule has 2 heterocycles. The van der Waals surface area contributed by atoms with Crippen LogP contribution in [0.1, 0.15) is 53.5 Å². The molecule has 1 N–H and O–H groups in total. The summed E-state index contributed by atoms with van der Waals surface area (Å²) in [6.07, 6.45) is 5.28. The van der Waals surface area contributed by atoms with E-state index in [0.717, 1.165) is 72.3 Å². The fourth-order valence-corrected chi connectivity index (χ4v) is 5.53. The van der Waals surface area contributed by atoms with Gasteiger partial charge < -0.3 is 9.84 Å². The summed E-state index contributed by atoms with van der Waals surface area (Å²) < 4.78 is 33.7. The summed E-state index contributed by atoms with van der Waals surface area (Å²) in [5.74, 6) is -0.353. The zero-order chi connectivity index (χ0) is 25.9. The average molecular weight is 525 g/mol. The van der Waals surface area contributed by atoms with Crippen molar-refractivity contribution < 1.29 is 18.6 Å². The molecule has 0 bridgehead atoms. The minimum atomic E-state index is -0.560. The molecule has 1 aliphatic carbocycles. The van der Waals surface area contributed by atoms with Gasteiger partial charge in [-0.15, -0.1) is 0 Å². The highest BCUT2D eigenvalue weighted by Crippen LogP contribution is 2.42. The van der Waals surface area contributed by atoms with E-state index >= 15 is 4.39 Å². The summed E-state index contributed by atoms with van der Waals surface area (Å²) in [4.78, 5) is 6.83. The predicted octanol–water partition coefficient (Wildman–Crippen LogP) is 7.00. The molecule has 0 unspecified atom stereocenters. The lowest BCUT2D eigenvalue weighted by molar-refractivity contribution is 0.191. The normalized spacial score (nSPS) is 18.1. The number of phenols is 1. The molecule has 5 rings (SSSR count). The van der Waals surface area contributed by atoms with Gasteiger partial charge in [0.25, 0.3) is 0 Å². The first kappa shape index (κ1) is 25.7. The number of ether oxygens (including phenoxy) is 1. The Labute approximate surface area is 221 Å². The van der Waals surface area contributed by atoms with Gasteiger partial charge in [-0.05, 0) is 90.6 Å². The quantitative estimate of drug-likeness (QED) is 0.361. The minimum Gasteiger partial charge on any atom is -0.505 e. The largest absolute Gasteiger partial charge is 0.505 e. The second-order valence-corrected chi connectivity index (χ2v) is 10.3. The number of alkyl halides is 1. The molecule has 0 radical (unpaired) electrons. The number of hydrogen-bond acceptors (Lipinski definition) is 4. The third-order valence-electron chi connectivity index (χ3n) is 7.30. The second-order valence-electron chi connectivity index (χ2n) is 9.85. The Morgan fingerprint density at radius 1 is 1.14 bits per heavy atom. The maximum Gasteiger partial charge on any atom is 0.213 e. The summed E-state index contributed by atoms with van der Waals surface area (Å²) >= 11 is 6.31. The molecule has 3 aromatic rings. The van der Waals surface area contributed by atoms with E-state index in [9.17, 15) is 9.50 Å². The third-order valence-corrected chi connectivity index (χ3v) is 7.73. The molecule has 37 heavy (non-hydrogen) atoms. The van der Waals surface area contributed by atoms with Crippen LogP contribution in [0.4, 0.5) is 8.78 Å². The highest BCUT2D eigenvalue weighted by Gasteiger charge is 2.26. The van der Waals surface area contributed by atoms with Crippen LogP contribution in [0.3, 0.4) is 0 Å². The van der Waals surface area contributed by atoms with E-state index in [2.05, 4.69) is 16.0 Å². The molecule has 1 aromatic heterocycles. The molecular formula is C30H31ClF2N2O2. The first-order valence-electron chi connectivity index (χ1n) is 12.9. The molecule has 1 atom stereocenters. The molecular weight excluding hydrogens is 494 g/mol. The van der Waals surface area contributed by atoms with Crippen LogP contribution < -0.4 is 4.74 Å². The highest BCUT2D eigenvalue weighted by molar-refractivity contribution is 6.31. The standard InChI is InChI=1S/C30H31ClF2N2O2/c1-19-16-20(6-9-26(19)31)23-4-2-5-25-24(8-10-27(36)30(25)33)29(23)21-7-11-28(34-17-21)37-22-12-15-35(18-22)14-3-13-32/h6-11,16-17,22,36H,2-5,12-15,18H2,1H3/t22-/m0/s1. The van der Waals surface area contributed by atoms with E-state index in [1.165, 1.54) is 6.07 Å². The van der Waals surface area contributed by atoms with E-state index in [1.807, 2.05) is 31.2 Å². The van der Waals surface area contributed by atoms with Crippen molar-refractivity contribution in [2.75, 3.05) is 26.3 Å². The van der Waals surface area contributed by atoms with E-state index in [-0.39, 0.29) is 18.5 Å². The topological polar surface area (TPSA) is 45.6 Å².